The molecule has 0 aliphatic heterocycles. The maximum absolute atomic E-state index is 12.2. The molecule has 0 saturated carbocycles. The molecule has 0 amide bonds. The van der Waals surface area contributed by atoms with Gasteiger partial charge in [-0.05, 0) is 84.7 Å². The molecular weight excluding hydrogens is 910 g/mol. The predicted octanol–water partition coefficient (Wildman–Crippen LogP) is 6.00. The molecule has 21 heteroatoms. The number of allylic oxidation sites excluding steroid dienone is 14. The van der Waals surface area contributed by atoms with Gasteiger partial charge in [0.15, 0.2) is 0 Å². The average Bonchev–Trinajstić information content (AvgIpc) is 3.16. The van der Waals surface area contributed by atoms with Crippen LogP contribution in [0.4, 0.5) is 22.7 Å². The van der Waals surface area contributed by atoms with E-state index in [9.17, 15) is 47.3 Å². The molecule has 2 atom stereocenters. The number of carbonyl (C=O) groups is 2. The first-order chi connectivity index (χ1) is 26.4. The summed E-state index contributed by atoms with van der Waals surface area (Å²) in [7, 11) is -8.78. The van der Waals surface area contributed by atoms with Gasteiger partial charge in [-0.2, -0.15) is 10.2 Å². The van der Waals surface area contributed by atoms with Crippen LogP contribution in [-0.2, 0) is 42.6 Å². The number of azo groups is 2. The monoisotopic (exact) mass is 938 g/mol. The molecule has 2 aromatic carbocycles. The first kappa shape index (κ1) is 44.9. The SMILES string of the molecule is CCc1ccc(N=NC2=C3C=CC(=S(=O)([O-])O)C=C3C=CC2=O)cc1[N+](=O)[O-].CCc1ccc(N=NC2=C3C=CC(=S(=O)([O-])O)C=C3C=CC2=O)cc1[N+](=O)[O-].[Ba+2]. The molecule has 0 heterocycles. The fourth-order valence-electron chi connectivity index (χ4n) is 5.45. The van der Waals surface area contributed by atoms with Gasteiger partial charge in [-0.25, -0.2) is 0 Å². The number of hydrogen-bond acceptors (Lipinski definition) is 14. The maximum atomic E-state index is 12.2. The fraction of sp³-hybridized carbons (Fsp3) is 0.111. The van der Waals surface area contributed by atoms with Crippen molar-refractivity contribution in [3.05, 3.63) is 162 Å². The van der Waals surface area contributed by atoms with Crippen molar-refractivity contribution in [3.8, 4) is 0 Å². The Labute approximate surface area is 365 Å². The minimum Gasteiger partial charge on any atom is -0.757 e. The predicted molar refractivity (Wildman–Crippen MR) is 210 cm³/mol. The number of benzene rings is 2. The van der Waals surface area contributed by atoms with Crippen molar-refractivity contribution in [2.45, 2.75) is 26.7 Å². The number of aryl methyl sites for hydroxylation is 2. The van der Waals surface area contributed by atoms with Crippen molar-refractivity contribution >= 4 is 113 Å². The van der Waals surface area contributed by atoms with Gasteiger partial charge in [0, 0.05) is 64.3 Å². The molecule has 0 fully saturated rings. The molecule has 2 aromatic rings. The van der Waals surface area contributed by atoms with Gasteiger partial charge in [-0.15, -0.1) is 10.2 Å². The topological polar surface area (TPSA) is 291 Å². The molecule has 0 spiro atoms. The summed E-state index contributed by atoms with van der Waals surface area (Å²) >= 11 is 0. The van der Waals surface area contributed by atoms with E-state index < -0.39 is 41.6 Å². The number of rotatable bonds is 8. The number of nitrogens with zero attached hydrogens (tertiary/aromatic N) is 6. The molecule has 0 bridgehead atoms. The van der Waals surface area contributed by atoms with Crippen LogP contribution < -0.4 is 0 Å². The van der Waals surface area contributed by atoms with Crippen LogP contribution in [0, 0.1) is 20.2 Å². The first-order valence-corrected chi connectivity index (χ1v) is 19.1. The van der Waals surface area contributed by atoms with Crippen molar-refractivity contribution in [3.63, 3.8) is 0 Å². The third-order valence-electron chi connectivity index (χ3n) is 8.27. The van der Waals surface area contributed by atoms with Crippen LogP contribution in [0.3, 0.4) is 0 Å². The van der Waals surface area contributed by atoms with Gasteiger partial charge in [-0.1, -0.05) is 38.2 Å². The van der Waals surface area contributed by atoms with E-state index in [1.807, 2.05) is 0 Å². The number of fused-ring (bicyclic) bond motifs is 2. The second kappa shape index (κ2) is 18.6. The Kier molecular flexibility index (Phi) is 14.6. The van der Waals surface area contributed by atoms with Gasteiger partial charge >= 0.3 is 48.9 Å². The summed E-state index contributed by atoms with van der Waals surface area (Å²) in [6.07, 6.45) is 13.6. The van der Waals surface area contributed by atoms with Crippen LogP contribution >= 0.6 is 0 Å². The van der Waals surface area contributed by atoms with Crippen LogP contribution in [-0.4, -0.2) is 107 Å². The van der Waals surface area contributed by atoms with Gasteiger partial charge in [0.2, 0.25) is 11.6 Å². The third kappa shape index (κ3) is 10.8. The molecule has 18 nitrogen and oxygen atoms in total. The summed E-state index contributed by atoms with van der Waals surface area (Å²) in [4.78, 5) is 45.0. The average molecular weight is 938 g/mol. The van der Waals surface area contributed by atoms with Gasteiger partial charge in [-0.3, -0.25) is 38.2 Å². The quantitative estimate of drug-likeness (QED) is 0.101. The fourth-order valence-corrected chi connectivity index (χ4v) is 6.48. The van der Waals surface area contributed by atoms with Crippen molar-refractivity contribution < 1.29 is 46.1 Å². The van der Waals surface area contributed by atoms with Gasteiger partial charge in [0.05, 0.1) is 21.2 Å². The molecule has 2 N–H and O–H groups in total. The van der Waals surface area contributed by atoms with Crippen LogP contribution in [0.1, 0.15) is 25.0 Å². The Morgan fingerprint density at radius 1 is 0.596 bits per heavy atom. The zero-order valence-electron chi connectivity index (χ0n) is 29.8. The zero-order chi connectivity index (χ0) is 40.9. The Morgan fingerprint density at radius 2 is 0.965 bits per heavy atom. The molecule has 0 aromatic heterocycles. The standard InChI is InChI=1S/2C18H15N3O6S.Ba/c2*1-2-11-3-5-13(10-16(11)21(23)24)19-20-18-15-7-6-14(28(25,26)27)9-12(15)4-8-17(18)22;/h2*3-10H,2H2,1H3,(H2,25,26,27);/q;;+2/p-2. The Balaban J connectivity index is 0.000000248. The largest absolute Gasteiger partial charge is 2.00 e. The van der Waals surface area contributed by atoms with Crippen molar-refractivity contribution in [2.24, 2.45) is 20.5 Å². The molecule has 57 heavy (non-hydrogen) atoms. The molecule has 4 aliphatic carbocycles. The van der Waals surface area contributed by atoms with Crippen molar-refractivity contribution in [1.29, 1.82) is 0 Å². The summed E-state index contributed by atoms with van der Waals surface area (Å²) in [5.41, 5.74) is 2.67. The molecule has 288 valence electrons. The Morgan fingerprint density at radius 3 is 1.28 bits per heavy atom. The molecule has 2 unspecified atom stereocenters. The van der Waals surface area contributed by atoms with Crippen LogP contribution in [0.25, 0.3) is 0 Å². The van der Waals surface area contributed by atoms with E-state index in [4.69, 9.17) is 9.11 Å². The van der Waals surface area contributed by atoms with E-state index in [1.54, 1.807) is 38.1 Å². The van der Waals surface area contributed by atoms with E-state index in [1.165, 1.54) is 60.7 Å². The van der Waals surface area contributed by atoms with Gasteiger partial charge < -0.3 is 18.2 Å². The first-order valence-electron chi connectivity index (χ1n) is 16.2. The van der Waals surface area contributed by atoms with Crippen molar-refractivity contribution in [2.75, 3.05) is 0 Å². The second-order valence-corrected chi connectivity index (χ2v) is 14.6. The molecular formula is C36H28BaN6O12S2. The minimum absolute atomic E-state index is 0. The number of carbonyl (C=O) groups excluding carboxylic acids is 2. The molecule has 4 aliphatic rings. The summed E-state index contributed by atoms with van der Waals surface area (Å²) < 4.78 is 63.4. The number of hydrogen-bond donors (Lipinski definition) is 2. The Hall–Kier alpha value is -4.85. The van der Waals surface area contributed by atoms with E-state index >= 15 is 0 Å². The summed E-state index contributed by atoms with van der Waals surface area (Å²) in [6.45, 7) is 3.59. The molecule has 0 saturated heterocycles. The summed E-state index contributed by atoms with van der Waals surface area (Å²) in [6, 6.07) is 8.81. The van der Waals surface area contributed by atoms with Gasteiger partial charge in [0.1, 0.15) is 11.4 Å². The number of ketones is 2. The summed E-state index contributed by atoms with van der Waals surface area (Å²) in [5, 5.41) is 38.0. The van der Waals surface area contributed by atoms with E-state index in [2.05, 4.69) is 20.5 Å². The minimum atomic E-state index is -4.39. The maximum Gasteiger partial charge on any atom is 2.00 e. The van der Waals surface area contributed by atoms with Crippen LogP contribution in [0.5, 0.6) is 0 Å². The van der Waals surface area contributed by atoms with Crippen LogP contribution in [0.2, 0.25) is 0 Å². The zero-order valence-corrected chi connectivity index (χ0v) is 35.9. The normalized spacial score (nSPS) is 18.0. The molecule has 6 rings (SSSR count). The van der Waals surface area contributed by atoms with Crippen molar-refractivity contribution in [1.82, 2.24) is 0 Å². The Bertz CT molecular complexity index is 2500. The summed E-state index contributed by atoms with van der Waals surface area (Å²) in [5.74, 6) is -0.897. The third-order valence-corrected chi connectivity index (χ3v) is 9.97. The smallest absolute Gasteiger partial charge is 0.757 e. The number of nitro groups is 2. The second-order valence-electron chi connectivity index (χ2n) is 11.8. The van der Waals surface area contributed by atoms with E-state index in [0.29, 0.717) is 46.3 Å². The number of nitro benzene ring substituents is 2. The van der Waals surface area contributed by atoms with E-state index in [0.717, 1.165) is 12.2 Å². The molecule has 0 radical (unpaired) electrons. The van der Waals surface area contributed by atoms with Gasteiger partial charge in [0.25, 0.3) is 11.4 Å². The van der Waals surface area contributed by atoms with Crippen LogP contribution in [0.15, 0.2) is 151 Å². The van der Waals surface area contributed by atoms with E-state index in [-0.39, 0.29) is 92.8 Å².